The lowest BCUT2D eigenvalue weighted by molar-refractivity contribution is 0.474. The van der Waals surface area contributed by atoms with Crippen LogP contribution in [-0.2, 0) is 6.42 Å². The van der Waals surface area contributed by atoms with Crippen molar-refractivity contribution in [3.8, 4) is 5.75 Å². The van der Waals surface area contributed by atoms with E-state index in [2.05, 4.69) is 30.1 Å². The molecular formula is C16H26N2O. The highest BCUT2D eigenvalue weighted by atomic mass is 16.3. The summed E-state index contributed by atoms with van der Waals surface area (Å²) in [4.78, 5) is 2.39. The molecule has 2 rings (SSSR count). The van der Waals surface area contributed by atoms with Crippen LogP contribution < -0.4 is 10.2 Å². The van der Waals surface area contributed by atoms with Gasteiger partial charge in [-0.25, -0.2) is 0 Å². The number of aryl methyl sites for hydroxylation is 1. The molecule has 1 heterocycles. The molecule has 0 bridgehead atoms. The van der Waals surface area contributed by atoms with Gasteiger partial charge in [0.1, 0.15) is 5.75 Å². The normalized spacial score (nSPS) is 17.5. The fourth-order valence-corrected chi connectivity index (χ4v) is 2.57. The Morgan fingerprint density at radius 3 is 2.74 bits per heavy atom. The molecule has 1 aromatic carbocycles. The van der Waals surface area contributed by atoms with Gasteiger partial charge < -0.3 is 15.3 Å². The lowest BCUT2D eigenvalue weighted by Crippen LogP contribution is -2.43. The van der Waals surface area contributed by atoms with Gasteiger partial charge in [0.05, 0.1) is 0 Å². The van der Waals surface area contributed by atoms with Crippen LogP contribution in [0.25, 0.3) is 0 Å². The van der Waals surface area contributed by atoms with E-state index < -0.39 is 0 Å². The van der Waals surface area contributed by atoms with Gasteiger partial charge in [0.15, 0.2) is 0 Å². The van der Waals surface area contributed by atoms with Crippen molar-refractivity contribution in [2.75, 3.05) is 31.1 Å². The molecule has 0 aliphatic carbocycles. The summed E-state index contributed by atoms with van der Waals surface area (Å²) in [5, 5.41) is 13.1. The van der Waals surface area contributed by atoms with Crippen LogP contribution in [0, 0.1) is 5.92 Å². The number of rotatable bonds is 5. The van der Waals surface area contributed by atoms with Crippen LogP contribution in [0.15, 0.2) is 18.2 Å². The van der Waals surface area contributed by atoms with Gasteiger partial charge in [0, 0.05) is 37.9 Å². The van der Waals surface area contributed by atoms with Gasteiger partial charge in [0.2, 0.25) is 0 Å². The zero-order valence-electron chi connectivity index (χ0n) is 12.2. The number of hydrogen-bond acceptors (Lipinski definition) is 3. The van der Waals surface area contributed by atoms with E-state index in [4.69, 9.17) is 0 Å². The number of anilines is 1. The minimum absolute atomic E-state index is 0.376. The number of hydrogen-bond donors (Lipinski definition) is 2. The standard InChI is InChI=1S/C16H26N2O/c1-3-13(2)4-5-14-6-7-15(19)12-16(14)18-10-8-17-9-11-18/h6-7,12-13,17,19H,3-5,8-11H2,1-2H3. The molecule has 0 radical (unpaired) electrons. The van der Waals surface area contributed by atoms with Gasteiger partial charge in [-0.2, -0.15) is 0 Å². The molecule has 106 valence electrons. The third kappa shape index (κ3) is 3.87. The summed E-state index contributed by atoms with van der Waals surface area (Å²) in [5.41, 5.74) is 2.60. The van der Waals surface area contributed by atoms with Crippen molar-refractivity contribution >= 4 is 5.69 Å². The van der Waals surface area contributed by atoms with Crippen LogP contribution in [0.4, 0.5) is 5.69 Å². The highest BCUT2D eigenvalue weighted by Crippen LogP contribution is 2.28. The third-order valence-corrected chi connectivity index (χ3v) is 4.13. The maximum absolute atomic E-state index is 9.75. The summed E-state index contributed by atoms with van der Waals surface area (Å²) in [6, 6.07) is 5.84. The second-order valence-corrected chi connectivity index (χ2v) is 5.60. The van der Waals surface area contributed by atoms with Crippen molar-refractivity contribution in [3.05, 3.63) is 23.8 Å². The maximum atomic E-state index is 9.75. The van der Waals surface area contributed by atoms with E-state index in [-0.39, 0.29) is 0 Å². The van der Waals surface area contributed by atoms with Crippen molar-refractivity contribution in [1.82, 2.24) is 5.32 Å². The highest BCUT2D eigenvalue weighted by Gasteiger charge is 2.15. The average Bonchev–Trinajstić information content (AvgIpc) is 2.46. The van der Waals surface area contributed by atoms with E-state index in [0.717, 1.165) is 38.5 Å². The fourth-order valence-electron chi connectivity index (χ4n) is 2.57. The highest BCUT2D eigenvalue weighted by molar-refractivity contribution is 5.57. The SMILES string of the molecule is CCC(C)CCc1ccc(O)cc1N1CCNCC1. The van der Waals surface area contributed by atoms with Crippen molar-refractivity contribution < 1.29 is 5.11 Å². The lowest BCUT2D eigenvalue weighted by Gasteiger charge is -2.31. The van der Waals surface area contributed by atoms with E-state index in [0.29, 0.717) is 5.75 Å². The molecule has 19 heavy (non-hydrogen) atoms. The first-order chi connectivity index (χ1) is 9.20. The molecule has 1 unspecified atom stereocenters. The largest absolute Gasteiger partial charge is 0.508 e. The molecule has 1 atom stereocenters. The fraction of sp³-hybridized carbons (Fsp3) is 0.625. The van der Waals surface area contributed by atoms with Crippen molar-refractivity contribution in [2.45, 2.75) is 33.1 Å². The lowest BCUT2D eigenvalue weighted by atomic mass is 9.97. The molecule has 3 heteroatoms. The summed E-state index contributed by atoms with van der Waals surface area (Å²) < 4.78 is 0. The minimum atomic E-state index is 0.376. The second kappa shape index (κ2) is 6.80. The molecule has 1 aromatic rings. The summed E-state index contributed by atoms with van der Waals surface area (Å²) in [7, 11) is 0. The van der Waals surface area contributed by atoms with Crippen LogP contribution in [0.2, 0.25) is 0 Å². The van der Waals surface area contributed by atoms with E-state index in [1.165, 1.54) is 24.1 Å². The van der Waals surface area contributed by atoms with E-state index in [1.54, 1.807) is 0 Å². The predicted octanol–water partition coefficient (Wildman–Crippen LogP) is 2.78. The number of benzene rings is 1. The van der Waals surface area contributed by atoms with Crippen molar-refractivity contribution in [3.63, 3.8) is 0 Å². The smallest absolute Gasteiger partial charge is 0.117 e. The number of phenols is 1. The number of nitrogens with zero attached hydrogens (tertiary/aromatic N) is 1. The number of phenolic OH excluding ortho intramolecular Hbond substituents is 1. The zero-order chi connectivity index (χ0) is 13.7. The monoisotopic (exact) mass is 262 g/mol. The van der Waals surface area contributed by atoms with Gasteiger partial charge in [-0.05, 0) is 30.4 Å². The van der Waals surface area contributed by atoms with Crippen molar-refractivity contribution in [1.29, 1.82) is 0 Å². The van der Waals surface area contributed by atoms with E-state index >= 15 is 0 Å². The van der Waals surface area contributed by atoms with E-state index in [1.807, 2.05) is 12.1 Å². The average molecular weight is 262 g/mol. The van der Waals surface area contributed by atoms with E-state index in [9.17, 15) is 5.11 Å². The first-order valence-electron chi connectivity index (χ1n) is 7.48. The Morgan fingerprint density at radius 1 is 1.32 bits per heavy atom. The molecule has 2 N–H and O–H groups in total. The van der Waals surface area contributed by atoms with Gasteiger partial charge in [-0.3, -0.25) is 0 Å². The molecular weight excluding hydrogens is 236 g/mol. The van der Waals surface area contributed by atoms with Crippen LogP contribution in [0.1, 0.15) is 32.3 Å². The van der Waals surface area contributed by atoms with Crippen LogP contribution in [0.3, 0.4) is 0 Å². The number of nitrogens with one attached hydrogen (secondary N) is 1. The molecule has 1 aliphatic rings. The molecule has 0 aromatic heterocycles. The maximum Gasteiger partial charge on any atom is 0.117 e. The van der Waals surface area contributed by atoms with Crippen LogP contribution in [0.5, 0.6) is 5.75 Å². The first-order valence-corrected chi connectivity index (χ1v) is 7.48. The molecule has 1 aliphatic heterocycles. The molecule has 0 saturated carbocycles. The summed E-state index contributed by atoms with van der Waals surface area (Å²) in [5.74, 6) is 1.14. The summed E-state index contributed by atoms with van der Waals surface area (Å²) >= 11 is 0. The Bertz CT molecular complexity index is 400. The number of aromatic hydroxyl groups is 1. The molecule has 0 spiro atoms. The molecule has 1 fully saturated rings. The number of piperazine rings is 1. The summed E-state index contributed by atoms with van der Waals surface area (Å²) in [6.45, 7) is 8.67. The quantitative estimate of drug-likeness (QED) is 0.856. The third-order valence-electron chi connectivity index (χ3n) is 4.13. The first kappa shape index (κ1) is 14.2. The second-order valence-electron chi connectivity index (χ2n) is 5.60. The van der Waals surface area contributed by atoms with Crippen LogP contribution >= 0.6 is 0 Å². The van der Waals surface area contributed by atoms with Gasteiger partial charge in [0.25, 0.3) is 0 Å². The van der Waals surface area contributed by atoms with Crippen molar-refractivity contribution in [2.24, 2.45) is 5.92 Å². The van der Waals surface area contributed by atoms with Gasteiger partial charge >= 0.3 is 0 Å². The Labute approximate surface area is 116 Å². The predicted molar refractivity (Wildman–Crippen MR) is 81.0 cm³/mol. The molecule has 3 nitrogen and oxygen atoms in total. The topological polar surface area (TPSA) is 35.5 Å². The minimum Gasteiger partial charge on any atom is -0.508 e. The Kier molecular flexibility index (Phi) is 5.08. The molecule has 1 saturated heterocycles. The Morgan fingerprint density at radius 2 is 2.05 bits per heavy atom. The van der Waals surface area contributed by atoms with Crippen LogP contribution in [-0.4, -0.2) is 31.3 Å². The Balaban J connectivity index is 2.12. The van der Waals surface area contributed by atoms with Gasteiger partial charge in [-0.1, -0.05) is 26.3 Å². The van der Waals surface area contributed by atoms with Gasteiger partial charge in [-0.15, -0.1) is 0 Å². The Hall–Kier alpha value is -1.22. The zero-order valence-corrected chi connectivity index (χ0v) is 12.2. The summed E-state index contributed by atoms with van der Waals surface area (Å²) in [6.07, 6.45) is 3.57. The molecule has 0 amide bonds.